The van der Waals surface area contributed by atoms with Gasteiger partial charge in [-0.2, -0.15) is 0 Å². The van der Waals surface area contributed by atoms with Crippen LogP contribution in [-0.2, 0) is 9.59 Å². The molecule has 2 saturated carbocycles. The number of hydrogen-bond acceptors (Lipinski definition) is 2. The molecule has 0 aromatic heterocycles. The lowest BCUT2D eigenvalue weighted by Gasteiger charge is -2.41. The zero-order valence-corrected chi connectivity index (χ0v) is 14.1. The number of carboxylic acids is 1. The summed E-state index contributed by atoms with van der Waals surface area (Å²) in [5, 5.41) is 9.16. The number of amides is 1. The Morgan fingerprint density at radius 2 is 1.73 bits per heavy atom. The highest BCUT2D eigenvalue weighted by molar-refractivity contribution is 5.79. The Hall–Kier alpha value is -1.06. The molecule has 0 aromatic carbocycles. The largest absolute Gasteiger partial charge is 0.481 e. The number of carbonyl (C=O) groups excluding carboxylic acids is 1. The van der Waals surface area contributed by atoms with Crippen LogP contribution in [0.2, 0.25) is 0 Å². The lowest BCUT2D eigenvalue weighted by Crippen LogP contribution is -2.45. The third-order valence-electron chi connectivity index (χ3n) is 6.29. The van der Waals surface area contributed by atoms with Crippen molar-refractivity contribution in [2.45, 2.75) is 59.3 Å². The Labute approximate surface area is 133 Å². The summed E-state index contributed by atoms with van der Waals surface area (Å²) in [5.74, 6) is 0.305. The molecular formula is C18H29NO3. The molecule has 1 N–H and O–H groups in total. The normalized spacial score (nSPS) is 36.1. The number of carboxylic acid groups (broad SMARTS) is 1. The van der Waals surface area contributed by atoms with Gasteiger partial charge in [-0.3, -0.25) is 9.59 Å². The molecule has 2 aliphatic carbocycles. The Kier molecular flexibility index (Phi) is 3.77. The molecule has 1 heterocycles. The molecule has 4 heteroatoms. The first kappa shape index (κ1) is 15.8. The average molecular weight is 307 g/mol. The van der Waals surface area contributed by atoms with Crippen LogP contribution < -0.4 is 0 Å². The molecule has 3 aliphatic rings. The van der Waals surface area contributed by atoms with E-state index in [4.69, 9.17) is 5.11 Å². The fourth-order valence-corrected chi connectivity index (χ4v) is 5.21. The fraction of sp³-hybridized carbons (Fsp3) is 0.889. The maximum atomic E-state index is 12.8. The van der Waals surface area contributed by atoms with Crippen molar-refractivity contribution in [3.63, 3.8) is 0 Å². The average Bonchev–Trinajstić information content (AvgIpc) is 3.11. The molecule has 1 amide bonds. The van der Waals surface area contributed by atoms with E-state index in [-0.39, 0.29) is 22.7 Å². The molecule has 0 bridgehead atoms. The minimum Gasteiger partial charge on any atom is -0.481 e. The number of nitrogens with zero attached hydrogens (tertiary/aromatic N) is 1. The molecule has 0 radical (unpaired) electrons. The summed E-state index contributed by atoms with van der Waals surface area (Å²) in [5.41, 5.74) is 0.279. The predicted octanol–water partition coefficient (Wildman–Crippen LogP) is 3.16. The van der Waals surface area contributed by atoms with E-state index < -0.39 is 5.97 Å². The molecule has 22 heavy (non-hydrogen) atoms. The third kappa shape index (κ3) is 2.89. The van der Waals surface area contributed by atoms with E-state index in [0.29, 0.717) is 11.8 Å². The second-order valence-electron chi connectivity index (χ2n) is 8.89. The molecular weight excluding hydrogens is 278 g/mol. The summed E-state index contributed by atoms with van der Waals surface area (Å²) in [6, 6.07) is 0. The van der Waals surface area contributed by atoms with Gasteiger partial charge < -0.3 is 10.0 Å². The van der Waals surface area contributed by atoms with Crippen molar-refractivity contribution in [3.05, 3.63) is 0 Å². The molecule has 3 fully saturated rings. The molecule has 1 spiro atoms. The quantitative estimate of drug-likeness (QED) is 0.852. The summed E-state index contributed by atoms with van der Waals surface area (Å²) >= 11 is 0. The van der Waals surface area contributed by atoms with Gasteiger partial charge in [0.05, 0.1) is 5.92 Å². The highest BCUT2D eigenvalue weighted by atomic mass is 16.4. The van der Waals surface area contributed by atoms with Crippen LogP contribution in [0.1, 0.15) is 59.3 Å². The van der Waals surface area contributed by atoms with Crippen molar-refractivity contribution in [3.8, 4) is 0 Å². The zero-order valence-electron chi connectivity index (χ0n) is 14.1. The number of likely N-dealkylation sites (tertiary alicyclic amines) is 1. The standard InChI is InChI=1S/C18H29NO3/c1-12-8-13(10-17(2,3)9-12)15(20)19-6-4-18(5-7-19)11-14(18)16(21)22/h12-14H,4-11H2,1-3H3,(H,21,22). The van der Waals surface area contributed by atoms with E-state index >= 15 is 0 Å². The molecule has 1 saturated heterocycles. The maximum Gasteiger partial charge on any atom is 0.307 e. The lowest BCUT2D eigenvalue weighted by molar-refractivity contribution is -0.141. The van der Waals surface area contributed by atoms with Crippen LogP contribution >= 0.6 is 0 Å². The van der Waals surface area contributed by atoms with Gasteiger partial charge in [-0.05, 0) is 55.3 Å². The third-order valence-corrected chi connectivity index (χ3v) is 6.29. The number of hydrogen-bond donors (Lipinski definition) is 1. The SMILES string of the molecule is CC1CC(C(=O)N2CCC3(CC2)CC3C(=O)O)CC(C)(C)C1. The summed E-state index contributed by atoms with van der Waals surface area (Å²) in [6.45, 7) is 8.32. The Morgan fingerprint density at radius 1 is 1.09 bits per heavy atom. The summed E-state index contributed by atoms with van der Waals surface area (Å²) in [7, 11) is 0. The minimum atomic E-state index is -0.650. The second-order valence-corrected chi connectivity index (χ2v) is 8.89. The first-order chi connectivity index (χ1) is 10.2. The lowest BCUT2D eigenvalue weighted by atomic mass is 9.67. The summed E-state index contributed by atoms with van der Waals surface area (Å²) in [4.78, 5) is 26.0. The zero-order chi connectivity index (χ0) is 16.1. The van der Waals surface area contributed by atoms with Gasteiger partial charge in [-0.1, -0.05) is 20.8 Å². The van der Waals surface area contributed by atoms with Crippen LogP contribution in [0, 0.1) is 28.6 Å². The minimum absolute atomic E-state index is 0.0156. The van der Waals surface area contributed by atoms with Gasteiger partial charge in [-0.15, -0.1) is 0 Å². The van der Waals surface area contributed by atoms with Crippen LogP contribution in [0.5, 0.6) is 0 Å². The molecule has 3 rings (SSSR count). The second kappa shape index (κ2) is 5.24. The predicted molar refractivity (Wildman–Crippen MR) is 84.3 cm³/mol. The van der Waals surface area contributed by atoms with Gasteiger partial charge in [0.1, 0.15) is 0 Å². The van der Waals surface area contributed by atoms with Gasteiger partial charge in [-0.25, -0.2) is 0 Å². The van der Waals surface area contributed by atoms with Gasteiger partial charge >= 0.3 is 5.97 Å². The fourth-order valence-electron chi connectivity index (χ4n) is 5.21. The number of rotatable bonds is 2. The Morgan fingerprint density at radius 3 is 2.23 bits per heavy atom. The highest BCUT2D eigenvalue weighted by Crippen LogP contribution is 2.59. The monoisotopic (exact) mass is 307 g/mol. The van der Waals surface area contributed by atoms with Gasteiger partial charge in [0.2, 0.25) is 5.91 Å². The smallest absolute Gasteiger partial charge is 0.307 e. The van der Waals surface area contributed by atoms with Gasteiger partial charge in [0.15, 0.2) is 0 Å². The van der Waals surface area contributed by atoms with Crippen molar-refractivity contribution in [2.24, 2.45) is 28.6 Å². The van der Waals surface area contributed by atoms with E-state index in [1.807, 2.05) is 4.90 Å². The molecule has 0 aromatic rings. The Balaban J connectivity index is 1.57. The van der Waals surface area contributed by atoms with E-state index in [9.17, 15) is 9.59 Å². The van der Waals surface area contributed by atoms with E-state index in [2.05, 4.69) is 20.8 Å². The van der Waals surface area contributed by atoms with Crippen LogP contribution in [0.25, 0.3) is 0 Å². The molecule has 3 unspecified atom stereocenters. The van der Waals surface area contributed by atoms with Crippen LogP contribution in [0.3, 0.4) is 0 Å². The molecule has 3 atom stereocenters. The number of aliphatic carboxylic acids is 1. The van der Waals surface area contributed by atoms with E-state index in [1.54, 1.807) is 0 Å². The summed E-state index contributed by atoms with van der Waals surface area (Å²) in [6.07, 6.45) is 5.79. The number of piperidine rings is 1. The number of carbonyl (C=O) groups is 2. The summed E-state index contributed by atoms with van der Waals surface area (Å²) < 4.78 is 0. The van der Waals surface area contributed by atoms with Crippen molar-refractivity contribution < 1.29 is 14.7 Å². The maximum absolute atomic E-state index is 12.8. The first-order valence-corrected chi connectivity index (χ1v) is 8.74. The van der Waals surface area contributed by atoms with Crippen LogP contribution in [-0.4, -0.2) is 35.0 Å². The highest BCUT2D eigenvalue weighted by Gasteiger charge is 2.59. The van der Waals surface area contributed by atoms with Gasteiger partial charge in [0.25, 0.3) is 0 Å². The first-order valence-electron chi connectivity index (χ1n) is 8.74. The van der Waals surface area contributed by atoms with E-state index in [0.717, 1.165) is 45.2 Å². The Bertz CT molecular complexity index is 477. The van der Waals surface area contributed by atoms with Crippen LogP contribution in [0.4, 0.5) is 0 Å². The molecule has 1 aliphatic heterocycles. The molecule has 4 nitrogen and oxygen atoms in total. The topological polar surface area (TPSA) is 57.6 Å². The van der Waals surface area contributed by atoms with Crippen molar-refractivity contribution >= 4 is 11.9 Å². The molecule has 124 valence electrons. The van der Waals surface area contributed by atoms with Crippen LogP contribution in [0.15, 0.2) is 0 Å². The van der Waals surface area contributed by atoms with E-state index in [1.165, 1.54) is 6.42 Å². The van der Waals surface area contributed by atoms with Crippen molar-refractivity contribution in [1.82, 2.24) is 4.90 Å². The van der Waals surface area contributed by atoms with Gasteiger partial charge in [0, 0.05) is 19.0 Å². The van der Waals surface area contributed by atoms with Crippen molar-refractivity contribution in [1.29, 1.82) is 0 Å². The van der Waals surface area contributed by atoms with Crippen molar-refractivity contribution in [2.75, 3.05) is 13.1 Å².